The molecule has 2 aromatic heterocycles. The number of halogens is 1. The Balaban J connectivity index is 1.37. The molecule has 16 heteroatoms. The standard InChI is InChI=1S/C38H52BrN9O6/c1-38(2,3)32(46-36(53)30(24-10-5-4-6-11-24)45-34(51)28-20-41-14-15-42-28)37(54)48-17-16-47(21-26-13-12-25(39)19-43-26)29(22-48)35(52)44-27(31(49)33(40)50)18-23-8-7-9-23/h12-15,19-20,23-24,27,29-30,32H,4-11,16-18,21-22H2,1-3H3,(H2,40,50)(H,44,52)(H,45,51)(H,46,53)/t27?,29-,30+,32-/m1/s1. The van der Waals surface area contributed by atoms with Crippen LogP contribution in [-0.4, -0.2) is 104 Å². The fourth-order valence-corrected chi connectivity index (χ4v) is 7.69. The van der Waals surface area contributed by atoms with Gasteiger partial charge in [0.15, 0.2) is 0 Å². The van der Waals surface area contributed by atoms with Gasteiger partial charge in [0.05, 0.1) is 17.9 Å². The molecule has 2 aliphatic carbocycles. The van der Waals surface area contributed by atoms with E-state index in [-0.39, 0.29) is 36.5 Å². The highest BCUT2D eigenvalue weighted by Crippen LogP contribution is 2.31. The summed E-state index contributed by atoms with van der Waals surface area (Å²) in [6, 6.07) is -0.199. The number of carbonyl (C=O) groups excluding carboxylic acids is 6. The van der Waals surface area contributed by atoms with Crippen LogP contribution >= 0.6 is 15.9 Å². The van der Waals surface area contributed by atoms with Gasteiger partial charge in [-0.3, -0.25) is 43.6 Å². The summed E-state index contributed by atoms with van der Waals surface area (Å²) in [5, 5.41) is 8.69. The van der Waals surface area contributed by atoms with Gasteiger partial charge in [-0.25, -0.2) is 4.98 Å². The Kier molecular flexibility index (Phi) is 13.9. The molecule has 54 heavy (non-hydrogen) atoms. The van der Waals surface area contributed by atoms with E-state index in [2.05, 4.69) is 46.8 Å². The highest BCUT2D eigenvalue weighted by Gasteiger charge is 2.43. The number of nitrogens with two attached hydrogens (primary N) is 1. The molecule has 0 bridgehead atoms. The van der Waals surface area contributed by atoms with Crippen LogP contribution in [0.1, 0.15) is 94.7 Å². The minimum atomic E-state index is -1.11. The quantitative estimate of drug-likeness (QED) is 0.205. The van der Waals surface area contributed by atoms with E-state index in [0.29, 0.717) is 25.2 Å². The number of hydrogen-bond acceptors (Lipinski definition) is 10. The predicted molar refractivity (Wildman–Crippen MR) is 202 cm³/mol. The van der Waals surface area contributed by atoms with Crippen molar-refractivity contribution in [2.45, 2.75) is 109 Å². The number of pyridine rings is 1. The van der Waals surface area contributed by atoms with Gasteiger partial charge in [0, 0.05) is 49.2 Å². The smallest absolute Gasteiger partial charge is 0.287 e. The van der Waals surface area contributed by atoms with E-state index in [1.807, 2.05) is 37.8 Å². The Morgan fingerprint density at radius 1 is 0.907 bits per heavy atom. The van der Waals surface area contributed by atoms with E-state index in [0.717, 1.165) is 55.8 Å². The van der Waals surface area contributed by atoms with E-state index < -0.39 is 59.0 Å². The molecule has 15 nitrogen and oxygen atoms in total. The third kappa shape index (κ3) is 10.7. The third-order valence-electron chi connectivity index (χ3n) is 10.8. The number of rotatable bonds is 14. The number of Topliss-reactive ketones (excluding diaryl/α,β-unsaturated/α-hetero) is 1. The first-order valence-corrected chi connectivity index (χ1v) is 19.6. The van der Waals surface area contributed by atoms with Gasteiger partial charge < -0.3 is 26.6 Å². The summed E-state index contributed by atoms with van der Waals surface area (Å²) in [4.78, 5) is 96.9. The third-order valence-corrected chi connectivity index (χ3v) is 11.3. The number of nitrogens with zero attached hydrogens (tertiary/aromatic N) is 5. The maximum absolute atomic E-state index is 14.5. The molecule has 3 aliphatic rings. The molecule has 3 fully saturated rings. The summed E-state index contributed by atoms with van der Waals surface area (Å²) in [5.74, 6) is -3.77. The zero-order chi connectivity index (χ0) is 39.0. The molecule has 0 radical (unpaired) electrons. The molecule has 5 amide bonds. The molecule has 292 valence electrons. The summed E-state index contributed by atoms with van der Waals surface area (Å²) in [6.07, 6.45) is 13.4. The topological polar surface area (TPSA) is 210 Å². The predicted octanol–water partition coefficient (Wildman–Crippen LogP) is 2.29. The molecular weight excluding hydrogens is 758 g/mol. The van der Waals surface area contributed by atoms with Crippen molar-refractivity contribution in [3.8, 4) is 0 Å². The van der Waals surface area contributed by atoms with Gasteiger partial charge >= 0.3 is 0 Å². The van der Waals surface area contributed by atoms with E-state index in [4.69, 9.17) is 5.73 Å². The summed E-state index contributed by atoms with van der Waals surface area (Å²) in [5.41, 5.74) is 5.42. The van der Waals surface area contributed by atoms with Crippen LogP contribution in [0.3, 0.4) is 0 Å². The number of aromatic nitrogens is 3. The molecule has 5 rings (SSSR count). The van der Waals surface area contributed by atoms with Crippen molar-refractivity contribution < 1.29 is 28.8 Å². The largest absolute Gasteiger partial charge is 0.363 e. The second kappa shape index (κ2) is 18.3. The van der Waals surface area contributed by atoms with Crippen molar-refractivity contribution in [2.75, 3.05) is 19.6 Å². The Bertz CT molecular complexity index is 1660. The van der Waals surface area contributed by atoms with Crippen molar-refractivity contribution in [3.05, 3.63) is 52.8 Å². The van der Waals surface area contributed by atoms with Crippen LogP contribution in [0.5, 0.6) is 0 Å². The summed E-state index contributed by atoms with van der Waals surface area (Å²) in [7, 11) is 0. The molecule has 1 saturated heterocycles. The second-order valence-electron chi connectivity index (χ2n) is 15.8. The zero-order valence-electron chi connectivity index (χ0n) is 31.3. The molecule has 4 atom stereocenters. The molecule has 2 saturated carbocycles. The van der Waals surface area contributed by atoms with E-state index in [1.54, 1.807) is 11.1 Å². The highest BCUT2D eigenvalue weighted by atomic mass is 79.9. The summed E-state index contributed by atoms with van der Waals surface area (Å²) < 4.78 is 0.800. The fraction of sp³-hybridized carbons (Fsp3) is 0.605. The lowest BCUT2D eigenvalue weighted by atomic mass is 9.80. The van der Waals surface area contributed by atoms with Crippen molar-refractivity contribution in [1.82, 2.24) is 40.7 Å². The van der Waals surface area contributed by atoms with Gasteiger partial charge in [-0.2, -0.15) is 0 Å². The Hall–Kier alpha value is -4.31. The SMILES string of the molecule is CC(C)(C)[C@H](NC(=O)[C@@H](NC(=O)c1cnccn1)C1CCCCC1)C(=O)N1CCN(Cc2ccc(Br)cn2)[C@@H](C(=O)NC(CC2CCC2)C(=O)C(N)=O)C1. The van der Waals surface area contributed by atoms with Gasteiger partial charge in [0.1, 0.15) is 23.8 Å². The number of amides is 5. The van der Waals surface area contributed by atoms with Crippen LogP contribution in [-0.2, 0) is 30.5 Å². The molecule has 2 aromatic rings. The number of ketones is 1. The maximum atomic E-state index is 14.5. The lowest BCUT2D eigenvalue weighted by Crippen LogP contribution is -2.65. The lowest BCUT2D eigenvalue weighted by molar-refractivity contribution is -0.146. The number of nitrogens with one attached hydrogen (secondary N) is 3. The average Bonchev–Trinajstić information content (AvgIpc) is 3.14. The molecule has 1 unspecified atom stereocenters. The van der Waals surface area contributed by atoms with Gasteiger partial charge in [-0.1, -0.05) is 59.3 Å². The number of piperazine rings is 1. The van der Waals surface area contributed by atoms with Crippen LogP contribution < -0.4 is 21.7 Å². The first-order chi connectivity index (χ1) is 25.7. The molecule has 3 heterocycles. The Morgan fingerprint density at radius 2 is 1.65 bits per heavy atom. The van der Waals surface area contributed by atoms with Crippen LogP contribution in [0.2, 0.25) is 0 Å². The number of hydrogen-bond donors (Lipinski definition) is 4. The molecule has 1 aliphatic heterocycles. The van der Waals surface area contributed by atoms with Gasteiger partial charge in [0.2, 0.25) is 23.5 Å². The van der Waals surface area contributed by atoms with Crippen LogP contribution in [0.15, 0.2) is 41.4 Å². The molecule has 0 aromatic carbocycles. The van der Waals surface area contributed by atoms with E-state index in [1.165, 1.54) is 18.6 Å². The van der Waals surface area contributed by atoms with Gasteiger partial charge in [0.25, 0.3) is 11.8 Å². The molecule has 5 N–H and O–H groups in total. The van der Waals surface area contributed by atoms with Crippen LogP contribution in [0.25, 0.3) is 0 Å². The van der Waals surface area contributed by atoms with E-state index in [9.17, 15) is 28.8 Å². The average molecular weight is 811 g/mol. The highest BCUT2D eigenvalue weighted by molar-refractivity contribution is 9.10. The summed E-state index contributed by atoms with van der Waals surface area (Å²) >= 11 is 3.40. The Labute approximate surface area is 324 Å². The van der Waals surface area contributed by atoms with Crippen LogP contribution in [0, 0.1) is 17.3 Å². The lowest BCUT2D eigenvalue weighted by Gasteiger charge is -2.43. The first-order valence-electron chi connectivity index (χ1n) is 18.9. The monoisotopic (exact) mass is 809 g/mol. The number of primary amides is 1. The van der Waals surface area contributed by atoms with Gasteiger partial charge in [-0.05, 0) is 64.6 Å². The normalized spacial score (nSPS) is 20.1. The van der Waals surface area contributed by atoms with Gasteiger partial charge in [-0.15, -0.1) is 0 Å². The molecular formula is C38H52BrN9O6. The maximum Gasteiger partial charge on any atom is 0.287 e. The van der Waals surface area contributed by atoms with Crippen molar-refractivity contribution in [3.63, 3.8) is 0 Å². The minimum absolute atomic E-state index is 0.0416. The molecule has 0 spiro atoms. The van der Waals surface area contributed by atoms with Crippen molar-refractivity contribution in [1.29, 1.82) is 0 Å². The van der Waals surface area contributed by atoms with Crippen LogP contribution in [0.4, 0.5) is 0 Å². The second-order valence-corrected chi connectivity index (χ2v) is 16.7. The van der Waals surface area contributed by atoms with Crippen molar-refractivity contribution >= 4 is 51.2 Å². The summed E-state index contributed by atoms with van der Waals surface area (Å²) in [6.45, 7) is 6.35. The number of carbonyl (C=O) groups is 6. The zero-order valence-corrected chi connectivity index (χ0v) is 32.8. The van der Waals surface area contributed by atoms with E-state index >= 15 is 0 Å². The minimum Gasteiger partial charge on any atom is -0.363 e. The van der Waals surface area contributed by atoms with Crippen molar-refractivity contribution in [2.24, 2.45) is 23.0 Å². The Morgan fingerprint density at radius 3 is 2.24 bits per heavy atom. The first kappa shape index (κ1) is 40.9. The fourth-order valence-electron chi connectivity index (χ4n) is 7.46.